The molecule has 3 heterocycles. The summed E-state index contributed by atoms with van der Waals surface area (Å²) >= 11 is 0. The minimum absolute atomic E-state index is 0.0403. The SMILES string of the molecule is CCCCOc1ccc(C2c3c(-c4cc(C)cc(C)c4O)n[nH]c3C(=O)N2C2CCS(=O)(=O)C2)cc1OC. The third-order valence-electron chi connectivity index (χ3n) is 7.36. The Bertz CT molecular complexity index is 1500. The molecular weight excluding hydrogens is 506 g/mol. The van der Waals surface area contributed by atoms with E-state index in [-0.39, 0.29) is 23.2 Å². The molecule has 2 aliphatic heterocycles. The van der Waals surface area contributed by atoms with Crippen LogP contribution in [0.1, 0.15) is 65.0 Å². The zero-order chi connectivity index (χ0) is 27.2. The Balaban J connectivity index is 1.66. The Labute approximate surface area is 222 Å². The smallest absolute Gasteiger partial charge is 0.273 e. The standard InChI is InChI=1S/C28H33N3O6S/c1-5-6-10-37-21-8-7-18(14-22(21)36-4)26-23-24(20-13-16(2)12-17(3)27(20)32)29-30-25(23)28(33)31(26)19-9-11-38(34,35)15-19/h7-8,12-14,19,26,32H,5-6,9-11,15H2,1-4H3,(H,29,30). The highest BCUT2D eigenvalue weighted by atomic mass is 32.2. The first-order valence-electron chi connectivity index (χ1n) is 12.9. The molecule has 1 aromatic heterocycles. The summed E-state index contributed by atoms with van der Waals surface area (Å²) in [6, 6.07) is 8.16. The van der Waals surface area contributed by atoms with E-state index >= 15 is 0 Å². The second-order valence-corrected chi connectivity index (χ2v) is 12.4. The number of benzene rings is 2. The van der Waals surface area contributed by atoms with Gasteiger partial charge >= 0.3 is 0 Å². The van der Waals surface area contributed by atoms with Crippen molar-refractivity contribution in [1.29, 1.82) is 0 Å². The van der Waals surface area contributed by atoms with Gasteiger partial charge in [0.05, 0.1) is 31.3 Å². The van der Waals surface area contributed by atoms with Gasteiger partial charge in [-0.3, -0.25) is 9.89 Å². The number of nitrogens with one attached hydrogen (secondary N) is 1. The zero-order valence-electron chi connectivity index (χ0n) is 22.1. The van der Waals surface area contributed by atoms with Crippen LogP contribution in [-0.2, 0) is 9.84 Å². The summed E-state index contributed by atoms with van der Waals surface area (Å²) < 4.78 is 36.4. The third-order valence-corrected chi connectivity index (χ3v) is 9.11. The highest BCUT2D eigenvalue weighted by molar-refractivity contribution is 7.91. The van der Waals surface area contributed by atoms with Crippen molar-refractivity contribution in [2.24, 2.45) is 0 Å². The number of fused-ring (bicyclic) bond motifs is 1. The lowest BCUT2D eigenvalue weighted by Crippen LogP contribution is -2.40. The van der Waals surface area contributed by atoms with Gasteiger partial charge in [0.1, 0.15) is 17.1 Å². The number of phenolic OH excluding ortho intramolecular Hbond substituents is 1. The molecule has 9 nitrogen and oxygen atoms in total. The fourth-order valence-corrected chi connectivity index (χ4v) is 7.22. The number of sulfone groups is 1. The quantitative estimate of drug-likeness (QED) is 0.409. The molecule has 3 aromatic rings. The monoisotopic (exact) mass is 539 g/mol. The average Bonchev–Trinajstić information content (AvgIpc) is 3.54. The number of rotatable bonds is 8. The van der Waals surface area contributed by atoms with Crippen molar-refractivity contribution in [3.63, 3.8) is 0 Å². The van der Waals surface area contributed by atoms with Crippen molar-refractivity contribution < 1.29 is 27.8 Å². The van der Waals surface area contributed by atoms with Crippen molar-refractivity contribution >= 4 is 15.7 Å². The van der Waals surface area contributed by atoms with Crippen molar-refractivity contribution in [2.75, 3.05) is 25.2 Å². The third kappa shape index (κ3) is 4.51. The number of aryl methyl sites for hydroxylation is 2. The number of carbonyl (C=O) groups is 1. The van der Waals surface area contributed by atoms with Crippen molar-refractivity contribution in [2.45, 2.75) is 52.1 Å². The number of hydrogen-bond donors (Lipinski definition) is 2. The molecule has 5 rings (SSSR count). The molecule has 1 amide bonds. The van der Waals surface area contributed by atoms with E-state index in [1.165, 1.54) is 0 Å². The molecule has 2 atom stereocenters. The number of carbonyl (C=O) groups excluding carboxylic acids is 1. The first kappa shape index (κ1) is 26.1. The van der Waals surface area contributed by atoms with Crippen LogP contribution in [0.4, 0.5) is 0 Å². The number of aromatic nitrogens is 2. The van der Waals surface area contributed by atoms with Crippen molar-refractivity contribution in [1.82, 2.24) is 15.1 Å². The second-order valence-electron chi connectivity index (χ2n) is 10.1. The van der Waals surface area contributed by atoms with Gasteiger partial charge in [0.15, 0.2) is 21.3 Å². The first-order chi connectivity index (χ1) is 18.1. The van der Waals surface area contributed by atoms with Crippen LogP contribution >= 0.6 is 0 Å². The molecule has 2 unspecified atom stereocenters. The maximum Gasteiger partial charge on any atom is 0.273 e. The molecule has 2 aromatic carbocycles. The van der Waals surface area contributed by atoms with E-state index in [1.807, 2.05) is 44.2 Å². The van der Waals surface area contributed by atoms with E-state index in [9.17, 15) is 18.3 Å². The van der Waals surface area contributed by atoms with Gasteiger partial charge in [-0.25, -0.2) is 8.42 Å². The van der Waals surface area contributed by atoms with E-state index in [0.717, 1.165) is 24.0 Å². The van der Waals surface area contributed by atoms with Crippen LogP contribution < -0.4 is 9.47 Å². The fraction of sp³-hybridized carbons (Fsp3) is 0.429. The lowest BCUT2D eigenvalue weighted by atomic mass is 9.93. The lowest BCUT2D eigenvalue weighted by molar-refractivity contribution is 0.0677. The molecule has 2 N–H and O–H groups in total. The second kappa shape index (κ2) is 9.98. The first-order valence-corrected chi connectivity index (χ1v) is 14.7. The summed E-state index contributed by atoms with van der Waals surface area (Å²) in [5.41, 5.74) is 4.29. The van der Waals surface area contributed by atoms with Crippen molar-refractivity contribution in [3.8, 4) is 28.5 Å². The molecule has 10 heteroatoms. The molecule has 202 valence electrons. The Hall–Kier alpha value is -3.53. The van der Waals surface area contributed by atoms with Crippen LogP contribution in [0.5, 0.6) is 17.2 Å². The number of nitrogens with zero attached hydrogens (tertiary/aromatic N) is 2. The molecule has 1 saturated heterocycles. The van der Waals surface area contributed by atoms with Crippen molar-refractivity contribution in [3.05, 3.63) is 58.3 Å². The van der Waals surface area contributed by atoms with E-state index in [1.54, 1.807) is 12.0 Å². The summed E-state index contributed by atoms with van der Waals surface area (Å²) in [6.07, 6.45) is 2.27. The van der Waals surface area contributed by atoms with E-state index in [4.69, 9.17) is 9.47 Å². The number of aromatic amines is 1. The molecular formula is C28H33N3O6S. The van der Waals surface area contributed by atoms with Crippen LogP contribution in [-0.4, -0.2) is 65.8 Å². The topological polar surface area (TPSA) is 122 Å². The van der Waals surface area contributed by atoms with Crippen LogP contribution in [0, 0.1) is 13.8 Å². The Morgan fingerprint density at radius 1 is 1.18 bits per heavy atom. The van der Waals surface area contributed by atoms with Gasteiger partial charge < -0.3 is 19.5 Å². The Morgan fingerprint density at radius 3 is 2.66 bits per heavy atom. The van der Waals surface area contributed by atoms with E-state index in [2.05, 4.69) is 17.1 Å². The molecule has 0 saturated carbocycles. The number of methoxy groups -OCH3 is 1. The van der Waals surface area contributed by atoms with Gasteiger partial charge in [-0.05, 0) is 61.6 Å². The molecule has 2 aliphatic rings. The number of H-pyrrole nitrogens is 1. The summed E-state index contributed by atoms with van der Waals surface area (Å²) in [6.45, 7) is 6.40. The highest BCUT2D eigenvalue weighted by Crippen LogP contribution is 2.48. The Morgan fingerprint density at radius 2 is 1.97 bits per heavy atom. The predicted octanol–water partition coefficient (Wildman–Crippen LogP) is 4.32. The largest absolute Gasteiger partial charge is 0.507 e. The molecule has 1 fully saturated rings. The number of ether oxygens (including phenoxy) is 2. The highest BCUT2D eigenvalue weighted by Gasteiger charge is 2.48. The number of hydrogen-bond acceptors (Lipinski definition) is 7. The van der Waals surface area contributed by atoms with E-state index < -0.39 is 21.9 Å². The van der Waals surface area contributed by atoms with Crippen LogP contribution in [0.15, 0.2) is 30.3 Å². The van der Waals surface area contributed by atoms with Crippen LogP contribution in [0.25, 0.3) is 11.3 Å². The van der Waals surface area contributed by atoms with Gasteiger partial charge in [0.2, 0.25) is 0 Å². The van der Waals surface area contributed by atoms with Gasteiger partial charge in [-0.1, -0.05) is 25.5 Å². The minimum atomic E-state index is -3.25. The number of amides is 1. The minimum Gasteiger partial charge on any atom is -0.507 e. The Kier molecular flexibility index (Phi) is 6.85. The zero-order valence-corrected chi connectivity index (χ0v) is 22.9. The summed E-state index contributed by atoms with van der Waals surface area (Å²) in [7, 11) is -1.68. The maximum atomic E-state index is 13.8. The molecule has 0 spiro atoms. The molecule has 0 bridgehead atoms. The lowest BCUT2D eigenvalue weighted by Gasteiger charge is -2.31. The summed E-state index contributed by atoms with van der Waals surface area (Å²) in [5.74, 6) is 0.860. The number of aromatic hydroxyl groups is 1. The fourth-order valence-electron chi connectivity index (χ4n) is 5.51. The van der Waals surface area contributed by atoms with Gasteiger partial charge in [0, 0.05) is 17.2 Å². The summed E-state index contributed by atoms with van der Waals surface area (Å²) in [4.78, 5) is 15.4. The normalized spacial score (nSPS) is 20.1. The van der Waals surface area contributed by atoms with Crippen LogP contribution in [0.2, 0.25) is 0 Å². The van der Waals surface area contributed by atoms with Gasteiger partial charge in [-0.2, -0.15) is 5.10 Å². The van der Waals surface area contributed by atoms with Gasteiger partial charge in [-0.15, -0.1) is 0 Å². The maximum absolute atomic E-state index is 13.8. The number of unbranched alkanes of at least 4 members (excludes halogenated alkanes) is 1. The predicted molar refractivity (Wildman–Crippen MR) is 144 cm³/mol. The summed E-state index contributed by atoms with van der Waals surface area (Å²) in [5, 5.41) is 18.3. The van der Waals surface area contributed by atoms with Gasteiger partial charge in [0.25, 0.3) is 5.91 Å². The average molecular weight is 540 g/mol. The molecule has 0 aliphatic carbocycles. The van der Waals surface area contributed by atoms with Crippen LogP contribution in [0.3, 0.4) is 0 Å². The number of phenols is 1. The molecule has 0 radical (unpaired) electrons. The van der Waals surface area contributed by atoms with E-state index in [0.29, 0.717) is 52.6 Å². The molecule has 38 heavy (non-hydrogen) atoms.